The van der Waals surface area contributed by atoms with E-state index in [2.05, 4.69) is 9.88 Å². The molecular weight excluding hydrogens is 254 g/mol. The van der Waals surface area contributed by atoms with Gasteiger partial charge < -0.3 is 15.6 Å². The lowest BCUT2D eigenvalue weighted by Crippen LogP contribution is -2.29. The molecule has 0 aliphatic carbocycles. The van der Waals surface area contributed by atoms with Crippen molar-refractivity contribution in [3.8, 4) is 0 Å². The Kier molecular flexibility index (Phi) is 3.18. The lowest BCUT2D eigenvalue weighted by Gasteiger charge is -2.28. The van der Waals surface area contributed by atoms with Crippen molar-refractivity contribution in [2.24, 2.45) is 5.73 Å². The number of carbonyl (C=O) groups is 1. The van der Waals surface area contributed by atoms with E-state index in [0.717, 1.165) is 29.7 Å². The number of hydrogen-bond acceptors (Lipinski definition) is 3. The van der Waals surface area contributed by atoms with E-state index in [1.165, 1.54) is 19.3 Å². The summed E-state index contributed by atoms with van der Waals surface area (Å²) in [5, 5.41) is 0.819. The number of hydrogen-bond donors (Lipinski definition) is 2. The molecule has 104 valence electrons. The van der Waals surface area contributed by atoms with Crippen LogP contribution < -0.4 is 16.2 Å². The smallest absolute Gasteiger partial charge is 0.261 e. The minimum atomic E-state index is -0.701. The summed E-state index contributed by atoms with van der Waals surface area (Å²) in [5.41, 5.74) is 6.61. The third-order valence-corrected chi connectivity index (χ3v) is 3.82. The first-order chi connectivity index (χ1) is 9.65. The number of aromatic amines is 1. The van der Waals surface area contributed by atoms with Crippen LogP contribution in [0.4, 0.5) is 5.69 Å². The summed E-state index contributed by atoms with van der Waals surface area (Å²) in [4.78, 5) is 28.0. The monoisotopic (exact) mass is 271 g/mol. The van der Waals surface area contributed by atoms with Gasteiger partial charge in [0, 0.05) is 18.8 Å². The number of rotatable bonds is 2. The van der Waals surface area contributed by atoms with Crippen LogP contribution in [-0.2, 0) is 0 Å². The van der Waals surface area contributed by atoms with Crippen LogP contribution in [0.3, 0.4) is 0 Å². The van der Waals surface area contributed by atoms with Gasteiger partial charge in [0.25, 0.3) is 11.5 Å². The summed E-state index contributed by atoms with van der Waals surface area (Å²) in [6.07, 6.45) is 3.69. The average molecular weight is 271 g/mol. The first-order valence-corrected chi connectivity index (χ1v) is 6.87. The zero-order chi connectivity index (χ0) is 14.1. The number of nitrogens with zero attached hydrogens (tertiary/aromatic N) is 1. The lowest BCUT2D eigenvalue weighted by molar-refractivity contribution is 0.0999. The van der Waals surface area contributed by atoms with Crippen molar-refractivity contribution in [2.75, 3.05) is 18.0 Å². The highest BCUT2D eigenvalue weighted by Gasteiger charge is 2.13. The highest BCUT2D eigenvalue weighted by molar-refractivity contribution is 5.96. The van der Waals surface area contributed by atoms with E-state index in [1.54, 1.807) is 6.07 Å². The number of amides is 1. The van der Waals surface area contributed by atoms with Gasteiger partial charge in [0.2, 0.25) is 0 Å². The van der Waals surface area contributed by atoms with Crippen LogP contribution in [0.2, 0.25) is 0 Å². The molecule has 1 aliphatic heterocycles. The molecule has 1 amide bonds. The molecule has 1 aliphatic rings. The third kappa shape index (κ3) is 2.27. The van der Waals surface area contributed by atoms with Gasteiger partial charge in [0.15, 0.2) is 0 Å². The molecule has 0 radical (unpaired) electrons. The molecule has 2 aromatic rings. The molecule has 2 heterocycles. The van der Waals surface area contributed by atoms with Crippen molar-refractivity contribution in [3.05, 3.63) is 40.2 Å². The van der Waals surface area contributed by atoms with Crippen molar-refractivity contribution in [2.45, 2.75) is 19.3 Å². The van der Waals surface area contributed by atoms with E-state index < -0.39 is 11.5 Å². The molecule has 0 spiro atoms. The van der Waals surface area contributed by atoms with Crippen LogP contribution in [-0.4, -0.2) is 24.0 Å². The van der Waals surface area contributed by atoms with Crippen LogP contribution in [0.1, 0.15) is 29.6 Å². The van der Waals surface area contributed by atoms with Gasteiger partial charge in [-0.05, 0) is 42.8 Å². The van der Waals surface area contributed by atoms with E-state index in [1.807, 2.05) is 18.2 Å². The van der Waals surface area contributed by atoms with Crippen LogP contribution in [0, 0.1) is 0 Å². The zero-order valence-electron chi connectivity index (χ0n) is 11.2. The molecule has 1 aromatic heterocycles. The van der Waals surface area contributed by atoms with Gasteiger partial charge in [-0.2, -0.15) is 0 Å². The Morgan fingerprint density at radius 3 is 2.60 bits per heavy atom. The zero-order valence-corrected chi connectivity index (χ0v) is 11.2. The minimum absolute atomic E-state index is 0.00298. The number of H-pyrrole nitrogens is 1. The van der Waals surface area contributed by atoms with Crippen molar-refractivity contribution >= 4 is 22.5 Å². The quantitative estimate of drug-likeness (QED) is 0.871. The lowest BCUT2D eigenvalue weighted by atomic mass is 10.1. The number of anilines is 1. The maximum absolute atomic E-state index is 11.8. The first-order valence-electron chi connectivity index (χ1n) is 6.87. The number of nitrogens with one attached hydrogen (secondary N) is 1. The number of fused-ring (bicyclic) bond motifs is 1. The van der Waals surface area contributed by atoms with Gasteiger partial charge in [-0.25, -0.2) is 0 Å². The summed E-state index contributed by atoms with van der Waals surface area (Å²) >= 11 is 0. The third-order valence-electron chi connectivity index (χ3n) is 3.82. The fraction of sp³-hybridized carbons (Fsp3) is 0.333. The number of carbonyl (C=O) groups excluding carboxylic acids is 1. The molecule has 3 rings (SSSR count). The van der Waals surface area contributed by atoms with Crippen molar-refractivity contribution in [1.29, 1.82) is 0 Å². The molecule has 5 heteroatoms. The number of pyridine rings is 1. The predicted octanol–water partition coefficient (Wildman–Crippen LogP) is 1.62. The standard InChI is InChI=1S/C15H17N3O2/c16-14(19)12-8-10-4-5-11(9-13(10)17-15(12)20)18-6-2-1-3-7-18/h4-5,8-9H,1-3,6-7H2,(H2,16,19)(H,17,20). The Hall–Kier alpha value is -2.30. The van der Waals surface area contributed by atoms with Gasteiger partial charge >= 0.3 is 0 Å². The topological polar surface area (TPSA) is 79.2 Å². The number of piperidine rings is 1. The minimum Gasteiger partial charge on any atom is -0.371 e. The molecule has 1 aromatic carbocycles. The molecule has 0 saturated carbocycles. The summed E-state index contributed by atoms with van der Waals surface area (Å²) < 4.78 is 0. The number of primary amides is 1. The Morgan fingerprint density at radius 2 is 1.90 bits per heavy atom. The molecular formula is C15H17N3O2. The summed E-state index contributed by atoms with van der Waals surface area (Å²) in [5.74, 6) is -0.701. The fourth-order valence-corrected chi connectivity index (χ4v) is 2.72. The SMILES string of the molecule is NC(=O)c1cc2ccc(N3CCCCC3)cc2[nH]c1=O. The van der Waals surface area contributed by atoms with E-state index >= 15 is 0 Å². The summed E-state index contributed by atoms with van der Waals surface area (Å²) in [7, 11) is 0. The molecule has 0 bridgehead atoms. The average Bonchev–Trinajstić information content (AvgIpc) is 2.46. The predicted molar refractivity (Wildman–Crippen MR) is 79.2 cm³/mol. The van der Waals surface area contributed by atoms with Gasteiger partial charge in [-0.3, -0.25) is 9.59 Å². The molecule has 0 atom stereocenters. The first kappa shape index (κ1) is 12.7. The maximum Gasteiger partial charge on any atom is 0.261 e. The summed E-state index contributed by atoms with van der Waals surface area (Å²) in [6, 6.07) is 7.46. The number of aromatic nitrogens is 1. The normalized spacial score (nSPS) is 15.5. The fourth-order valence-electron chi connectivity index (χ4n) is 2.72. The largest absolute Gasteiger partial charge is 0.371 e. The van der Waals surface area contributed by atoms with Crippen LogP contribution >= 0.6 is 0 Å². The van der Waals surface area contributed by atoms with Gasteiger partial charge in [0.05, 0.1) is 5.52 Å². The van der Waals surface area contributed by atoms with E-state index in [0.29, 0.717) is 0 Å². The molecule has 5 nitrogen and oxygen atoms in total. The van der Waals surface area contributed by atoms with Gasteiger partial charge in [-0.15, -0.1) is 0 Å². The molecule has 3 N–H and O–H groups in total. The van der Waals surface area contributed by atoms with Crippen molar-refractivity contribution in [1.82, 2.24) is 4.98 Å². The van der Waals surface area contributed by atoms with Gasteiger partial charge in [0.1, 0.15) is 5.56 Å². The van der Waals surface area contributed by atoms with E-state index in [9.17, 15) is 9.59 Å². The van der Waals surface area contributed by atoms with E-state index in [4.69, 9.17) is 5.73 Å². The Labute approximate surface area is 116 Å². The van der Waals surface area contributed by atoms with E-state index in [-0.39, 0.29) is 5.56 Å². The Balaban J connectivity index is 2.05. The molecule has 1 fully saturated rings. The Bertz CT molecular complexity index is 715. The highest BCUT2D eigenvalue weighted by atomic mass is 16.2. The Morgan fingerprint density at radius 1 is 1.15 bits per heavy atom. The molecule has 20 heavy (non-hydrogen) atoms. The summed E-state index contributed by atoms with van der Waals surface area (Å²) in [6.45, 7) is 2.10. The van der Waals surface area contributed by atoms with Crippen LogP contribution in [0.5, 0.6) is 0 Å². The second-order valence-electron chi connectivity index (χ2n) is 5.20. The number of benzene rings is 1. The van der Waals surface area contributed by atoms with Crippen LogP contribution in [0.25, 0.3) is 10.9 Å². The maximum atomic E-state index is 11.8. The second kappa shape index (κ2) is 5.00. The number of nitrogens with two attached hydrogens (primary N) is 1. The van der Waals surface area contributed by atoms with Crippen LogP contribution in [0.15, 0.2) is 29.1 Å². The molecule has 1 saturated heterocycles. The second-order valence-corrected chi connectivity index (χ2v) is 5.20. The van der Waals surface area contributed by atoms with Crippen molar-refractivity contribution < 1.29 is 4.79 Å². The van der Waals surface area contributed by atoms with Gasteiger partial charge in [-0.1, -0.05) is 6.07 Å². The van der Waals surface area contributed by atoms with Crippen molar-refractivity contribution in [3.63, 3.8) is 0 Å². The molecule has 0 unspecified atom stereocenters. The highest BCUT2D eigenvalue weighted by Crippen LogP contribution is 2.23.